The zero-order valence-electron chi connectivity index (χ0n) is 11.4. The van der Waals surface area contributed by atoms with Crippen LogP contribution in [0.5, 0.6) is 0 Å². The number of imidazole rings is 1. The summed E-state index contributed by atoms with van der Waals surface area (Å²) >= 11 is 1.93. The van der Waals surface area contributed by atoms with Crippen LogP contribution in [-0.4, -0.2) is 27.6 Å². The van der Waals surface area contributed by atoms with Crippen molar-refractivity contribution in [1.29, 1.82) is 0 Å². The number of hydrogen-bond donors (Lipinski definition) is 1. The van der Waals surface area contributed by atoms with E-state index in [1.165, 1.54) is 50.7 Å². The first-order valence-corrected chi connectivity index (χ1v) is 8.56. The van der Waals surface area contributed by atoms with E-state index in [4.69, 9.17) is 0 Å². The summed E-state index contributed by atoms with van der Waals surface area (Å²) in [5.74, 6) is 2.34. The lowest BCUT2D eigenvalue weighted by atomic mass is 9.96. The Morgan fingerprint density at radius 1 is 1.33 bits per heavy atom. The fourth-order valence-corrected chi connectivity index (χ4v) is 3.08. The van der Waals surface area contributed by atoms with Crippen LogP contribution in [0.3, 0.4) is 0 Å². The highest BCUT2D eigenvalue weighted by molar-refractivity contribution is 7.98. The van der Waals surface area contributed by atoms with Crippen LogP contribution in [0, 0.1) is 0 Å². The standard InChI is InChI=1S/C14H25N3S/c1-18-12-6-5-10-17-11-9-15-14(17)16-13-7-3-2-4-8-13/h9,11,13H,2-8,10,12H2,1H3,(H,15,16). The monoisotopic (exact) mass is 267 g/mol. The van der Waals surface area contributed by atoms with Gasteiger partial charge in [-0.2, -0.15) is 11.8 Å². The molecule has 1 heterocycles. The van der Waals surface area contributed by atoms with Gasteiger partial charge in [-0.05, 0) is 37.7 Å². The van der Waals surface area contributed by atoms with Crippen LogP contribution in [0.1, 0.15) is 44.9 Å². The maximum atomic E-state index is 4.46. The van der Waals surface area contributed by atoms with Gasteiger partial charge in [-0.25, -0.2) is 4.98 Å². The SMILES string of the molecule is CSCCCCn1ccnc1NC1CCCCC1. The first-order valence-electron chi connectivity index (χ1n) is 7.17. The van der Waals surface area contributed by atoms with E-state index in [-0.39, 0.29) is 0 Å². The van der Waals surface area contributed by atoms with Crippen LogP contribution in [0.2, 0.25) is 0 Å². The van der Waals surface area contributed by atoms with Crippen molar-refractivity contribution in [2.24, 2.45) is 0 Å². The Balaban J connectivity index is 1.79. The normalized spacial score (nSPS) is 16.9. The van der Waals surface area contributed by atoms with Crippen molar-refractivity contribution in [3.8, 4) is 0 Å². The van der Waals surface area contributed by atoms with Gasteiger partial charge in [0, 0.05) is 25.0 Å². The van der Waals surface area contributed by atoms with Crippen molar-refractivity contribution < 1.29 is 0 Å². The first-order chi connectivity index (χ1) is 8.90. The van der Waals surface area contributed by atoms with Crippen LogP contribution in [0.4, 0.5) is 5.95 Å². The second kappa shape index (κ2) is 7.72. The highest BCUT2D eigenvalue weighted by Gasteiger charge is 2.14. The average molecular weight is 267 g/mol. The molecule has 102 valence electrons. The third-order valence-corrected chi connectivity index (χ3v) is 4.35. The Morgan fingerprint density at radius 3 is 2.94 bits per heavy atom. The van der Waals surface area contributed by atoms with E-state index in [1.54, 1.807) is 0 Å². The predicted molar refractivity (Wildman–Crippen MR) is 80.3 cm³/mol. The van der Waals surface area contributed by atoms with Crippen LogP contribution in [0.25, 0.3) is 0 Å². The van der Waals surface area contributed by atoms with E-state index in [1.807, 2.05) is 18.0 Å². The summed E-state index contributed by atoms with van der Waals surface area (Å²) in [7, 11) is 0. The molecule has 2 rings (SSSR count). The quantitative estimate of drug-likeness (QED) is 0.763. The third-order valence-electron chi connectivity index (χ3n) is 3.65. The molecule has 0 spiro atoms. The number of unbranched alkanes of at least 4 members (excludes halogenated alkanes) is 1. The molecular formula is C14H25N3S. The molecule has 1 saturated carbocycles. The van der Waals surface area contributed by atoms with Crippen LogP contribution in [-0.2, 0) is 6.54 Å². The number of anilines is 1. The molecule has 0 saturated heterocycles. The Kier molecular flexibility index (Phi) is 5.91. The molecule has 4 heteroatoms. The van der Waals surface area contributed by atoms with E-state index >= 15 is 0 Å². The number of aromatic nitrogens is 2. The smallest absolute Gasteiger partial charge is 0.202 e. The van der Waals surface area contributed by atoms with Crippen molar-refractivity contribution >= 4 is 17.7 Å². The predicted octanol–water partition coefficient (Wildman–Crippen LogP) is 3.77. The second-order valence-corrected chi connectivity index (χ2v) is 6.11. The maximum absolute atomic E-state index is 4.46. The maximum Gasteiger partial charge on any atom is 0.202 e. The number of rotatable bonds is 7. The van der Waals surface area contributed by atoms with Crippen LogP contribution < -0.4 is 5.32 Å². The van der Waals surface area contributed by atoms with Crippen molar-refractivity contribution in [1.82, 2.24) is 9.55 Å². The van der Waals surface area contributed by atoms with Crippen molar-refractivity contribution in [3.05, 3.63) is 12.4 Å². The summed E-state index contributed by atoms with van der Waals surface area (Å²) in [5, 5.41) is 3.62. The van der Waals surface area contributed by atoms with Gasteiger partial charge in [0.05, 0.1) is 0 Å². The van der Waals surface area contributed by atoms with Gasteiger partial charge in [-0.15, -0.1) is 0 Å². The molecule has 1 aliphatic rings. The second-order valence-electron chi connectivity index (χ2n) is 5.12. The fraction of sp³-hybridized carbons (Fsp3) is 0.786. The Labute approximate surface area is 115 Å². The van der Waals surface area contributed by atoms with Crippen molar-refractivity contribution in [2.45, 2.75) is 57.5 Å². The van der Waals surface area contributed by atoms with Gasteiger partial charge >= 0.3 is 0 Å². The molecule has 0 atom stereocenters. The zero-order valence-corrected chi connectivity index (χ0v) is 12.2. The number of nitrogens with zero attached hydrogens (tertiary/aromatic N) is 2. The number of hydrogen-bond acceptors (Lipinski definition) is 3. The average Bonchev–Trinajstić information content (AvgIpc) is 2.83. The van der Waals surface area contributed by atoms with Crippen LogP contribution >= 0.6 is 11.8 Å². The van der Waals surface area contributed by atoms with Gasteiger partial charge in [-0.3, -0.25) is 0 Å². The highest BCUT2D eigenvalue weighted by Crippen LogP contribution is 2.21. The molecule has 0 amide bonds. The molecular weight excluding hydrogens is 242 g/mol. The topological polar surface area (TPSA) is 29.9 Å². The number of thioether (sulfide) groups is 1. The van der Waals surface area contributed by atoms with Crippen molar-refractivity contribution in [3.63, 3.8) is 0 Å². The Hall–Kier alpha value is -0.640. The molecule has 0 aromatic carbocycles. The molecule has 1 aromatic heterocycles. The zero-order chi connectivity index (χ0) is 12.6. The molecule has 1 fully saturated rings. The van der Waals surface area contributed by atoms with E-state index in [0.29, 0.717) is 6.04 Å². The molecule has 1 aliphatic carbocycles. The largest absolute Gasteiger partial charge is 0.353 e. The van der Waals surface area contributed by atoms with Gasteiger partial charge in [0.2, 0.25) is 5.95 Å². The van der Waals surface area contributed by atoms with E-state index < -0.39 is 0 Å². The Bertz CT molecular complexity index is 332. The summed E-state index contributed by atoms with van der Waals surface area (Å²) in [6.07, 6.45) is 15.5. The van der Waals surface area contributed by atoms with Gasteiger partial charge in [0.1, 0.15) is 0 Å². The van der Waals surface area contributed by atoms with Gasteiger partial charge in [0.25, 0.3) is 0 Å². The highest BCUT2D eigenvalue weighted by atomic mass is 32.2. The lowest BCUT2D eigenvalue weighted by Crippen LogP contribution is -2.24. The molecule has 0 aliphatic heterocycles. The van der Waals surface area contributed by atoms with Gasteiger partial charge in [0.15, 0.2) is 0 Å². The molecule has 1 aromatic rings. The lowest BCUT2D eigenvalue weighted by molar-refractivity contribution is 0.458. The molecule has 18 heavy (non-hydrogen) atoms. The van der Waals surface area contributed by atoms with E-state index in [0.717, 1.165) is 12.5 Å². The minimum absolute atomic E-state index is 0.645. The number of aryl methyl sites for hydroxylation is 1. The summed E-state index contributed by atoms with van der Waals surface area (Å²) < 4.78 is 2.27. The third kappa shape index (κ3) is 4.23. The fourth-order valence-electron chi connectivity index (χ4n) is 2.59. The summed E-state index contributed by atoms with van der Waals surface area (Å²) in [4.78, 5) is 4.46. The first kappa shape index (κ1) is 13.8. The van der Waals surface area contributed by atoms with E-state index in [9.17, 15) is 0 Å². The lowest BCUT2D eigenvalue weighted by Gasteiger charge is -2.23. The summed E-state index contributed by atoms with van der Waals surface area (Å²) in [6, 6.07) is 0.645. The molecule has 0 bridgehead atoms. The molecule has 0 unspecified atom stereocenters. The van der Waals surface area contributed by atoms with Gasteiger partial charge < -0.3 is 9.88 Å². The summed E-state index contributed by atoms with van der Waals surface area (Å²) in [5.41, 5.74) is 0. The molecule has 0 radical (unpaired) electrons. The van der Waals surface area contributed by atoms with E-state index in [2.05, 4.69) is 27.3 Å². The van der Waals surface area contributed by atoms with Crippen LogP contribution in [0.15, 0.2) is 12.4 Å². The summed E-state index contributed by atoms with van der Waals surface area (Å²) in [6.45, 7) is 1.09. The number of nitrogens with one attached hydrogen (secondary N) is 1. The Morgan fingerprint density at radius 2 is 2.17 bits per heavy atom. The van der Waals surface area contributed by atoms with Crippen molar-refractivity contribution in [2.75, 3.05) is 17.3 Å². The van der Waals surface area contributed by atoms with Gasteiger partial charge in [-0.1, -0.05) is 19.3 Å². The minimum atomic E-state index is 0.645. The minimum Gasteiger partial charge on any atom is -0.353 e. The molecule has 3 nitrogen and oxygen atoms in total. The molecule has 1 N–H and O–H groups in total.